The highest BCUT2D eigenvalue weighted by molar-refractivity contribution is 6.05. The predicted octanol–water partition coefficient (Wildman–Crippen LogP) is 0.251. The fourth-order valence-corrected chi connectivity index (χ4v) is 2.19. The standard InChI is InChI=1S/C11H14N2O4/c1-12-11(16)17-6-13-9(14)7-4-2-3-5-8(7)10(13)15/h2-3,7-8H,4-6H2,1H3,(H,12,16)/t7-,8-/m0/s1. The molecule has 0 bridgehead atoms. The van der Waals surface area contributed by atoms with Gasteiger partial charge in [0.2, 0.25) is 11.8 Å². The molecule has 6 nitrogen and oxygen atoms in total. The molecule has 17 heavy (non-hydrogen) atoms. The number of hydrogen-bond acceptors (Lipinski definition) is 4. The summed E-state index contributed by atoms with van der Waals surface area (Å²) in [6.45, 7) is -0.301. The first-order valence-corrected chi connectivity index (χ1v) is 5.50. The van der Waals surface area contributed by atoms with E-state index in [9.17, 15) is 14.4 Å². The molecule has 1 N–H and O–H groups in total. The molecule has 1 heterocycles. The van der Waals surface area contributed by atoms with Gasteiger partial charge in [0, 0.05) is 7.05 Å². The summed E-state index contributed by atoms with van der Waals surface area (Å²) in [6, 6.07) is 0. The third-order valence-corrected chi connectivity index (χ3v) is 3.13. The molecule has 2 atom stereocenters. The summed E-state index contributed by atoms with van der Waals surface area (Å²) >= 11 is 0. The first-order chi connectivity index (χ1) is 8.15. The van der Waals surface area contributed by atoms with Gasteiger partial charge in [-0.1, -0.05) is 12.2 Å². The van der Waals surface area contributed by atoms with Crippen molar-refractivity contribution in [2.24, 2.45) is 11.8 Å². The van der Waals surface area contributed by atoms with E-state index in [1.54, 1.807) is 0 Å². The molecule has 1 fully saturated rings. The van der Waals surface area contributed by atoms with Crippen molar-refractivity contribution in [2.45, 2.75) is 12.8 Å². The average Bonchev–Trinajstić information content (AvgIpc) is 2.60. The summed E-state index contributed by atoms with van der Waals surface area (Å²) in [5.41, 5.74) is 0. The van der Waals surface area contributed by atoms with Crippen LogP contribution < -0.4 is 5.32 Å². The Morgan fingerprint density at radius 2 is 1.88 bits per heavy atom. The van der Waals surface area contributed by atoms with Gasteiger partial charge in [0.05, 0.1) is 11.8 Å². The average molecular weight is 238 g/mol. The van der Waals surface area contributed by atoms with Crippen LogP contribution in [0.25, 0.3) is 0 Å². The lowest BCUT2D eigenvalue weighted by molar-refractivity contribution is -0.144. The van der Waals surface area contributed by atoms with Crippen LogP contribution in [0.2, 0.25) is 0 Å². The van der Waals surface area contributed by atoms with Crippen LogP contribution in [-0.4, -0.2) is 36.6 Å². The first-order valence-electron chi connectivity index (χ1n) is 5.50. The van der Waals surface area contributed by atoms with E-state index in [4.69, 9.17) is 4.74 Å². The third kappa shape index (κ3) is 2.02. The highest BCUT2D eigenvalue weighted by Crippen LogP contribution is 2.34. The summed E-state index contributed by atoms with van der Waals surface area (Å²) in [5.74, 6) is -1.04. The highest BCUT2D eigenvalue weighted by atomic mass is 16.6. The van der Waals surface area contributed by atoms with Crippen molar-refractivity contribution in [2.75, 3.05) is 13.8 Å². The normalized spacial score (nSPS) is 27.0. The van der Waals surface area contributed by atoms with Crippen molar-refractivity contribution in [3.8, 4) is 0 Å². The summed E-state index contributed by atoms with van der Waals surface area (Å²) in [4.78, 5) is 35.7. The van der Waals surface area contributed by atoms with E-state index >= 15 is 0 Å². The molecule has 1 saturated heterocycles. The van der Waals surface area contributed by atoms with Crippen LogP contribution in [0, 0.1) is 11.8 Å². The van der Waals surface area contributed by atoms with E-state index in [-0.39, 0.29) is 30.4 Å². The molecule has 6 heteroatoms. The molecule has 0 saturated carbocycles. The van der Waals surface area contributed by atoms with Crippen LogP contribution in [0.4, 0.5) is 4.79 Å². The predicted molar refractivity (Wildman–Crippen MR) is 57.6 cm³/mol. The fourth-order valence-electron chi connectivity index (χ4n) is 2.19. The van der Waals surface area contributed by atoms with Gasteiger partial charge < -0.3 is 10.1 Å². The molecule has 2 aliphatic rings. The zero-order valence-electron chi connectivity index (χ0n) is 9.51. The van der Waals surface area contributed by atoms with Crippen LogP contribution in [0.1, 0.15) is 12.8 Å². The molecule has 1 aliphatic heterocycles. The number of nitrogens with zero attached hydrogens (tertiary/aromatic N) is 1. The minimum absolute atomic E-state index is 0.242. The Morgan fingerprint density at radius 3 is 2.35 bits per heavy atom. The molecular weight excluding hydrogens is 224 g/mol. The van der Waals surface area contributed by atoms with Crippen LogP contribution in [0.5, 0.6) is 0 Å². The zero-order chi connectivity index (χ0) is 12.4. The Balaban J connectivity index is 2.02. The van der Waals surface area contributed by atoms with E-state index in [0.717, 1.165) is 4.90 Å². The quantitative estimate of drug-likeness (QED) is 0.552. The van der Waals surface area contributed by atoms with Crippen LogP contribution in [-0.2, 0) is 14.3 Å². The molecule has 2 rings (SSSR count). The van der Waals surface area contributed by atoms with Crippen molar-refractivity contribution in [3.63, 3.8) is 0 Å². The lowest BCUT2D eigenvalue weighted by Crippen LogP contribution is -2.36. The van der Waals surface area contributed by atoms with Gasteiger partial charge in [-0.05, 0) is 12.8 Å². The Bertz CT molecular complexity index is 365. The van der Waals surface area contributed by atoms with Gasteiger partial charge >= 0.3 is 6.09 Å². The number of hydrogen-bond donors (Lipinski definition) is 1. The minimum atomic E-state index is -0.654. The lowest BCUT2D eigenvalue weighted by Gasteiger charge is -2.14. The molecule has 3 amide bonds. The molecule has 0 aromatic carbocycles. The maximum Gasteiger partial charge on any atom is 0.408 e. The summed E-state index contributed by atoms with van der Waals surface area (Å²) < 4.78 is 4.74. The van der Waals surface area contributed by atoms with Crippen molar-refractivity contribution in [1.82, 2.24) is 10.2 Å². The number of ether oxygens (including phenoxy) is 1. The summed E-state index contributed by atoms with van der Waals surface area (Å²) in [6.07, 6.45) is 4.35. The number of imide groups is 1. The van der Waals surface area contributed by atoms with Crippen molar-refractivity contribution >= 4 is 17.9 Å². The van der Waals surface area contributed by atoms with Gasteiger partial charge in [0.25, 0.3) is 0 Å². The SMILES string of the molecule is CNC(=O)OCN1C(=O)[C@H]2CC=CC[C@@H]2C1=O. The number of allylic oxidation sites excluding steroid dienone is 2. The molecule has 0 radical (unpaired) electrons. The topological polar surface area (TPSA) is 75.7 Å². The molecule has 0 aromatic heterocycles. The Kier molecular flexibility index (Phi) is 3.12. The second-order valence-electron chi connectivity index (χ2n) is 4.07. The third-order valence-electron chi connectivity index (χ3n) is 3.13. The number of likely N-dealkylation sites (tertiary alicyclic amines) is 1. The van der Waals surface area contributed by atoms with Crippen molar-refractivity contribution < 1.29 is 19.1 Å². The van der Waals surface area contributed by atoms with Crippen LogP contribution in [0.3, 0.4) is 0 Å². The second-order valence-corrected chi connectivity index (χ2v) is 4.07. The second kappa shape index (κ2) is 4.57. The monoisotopic (exact) mass is 238 g/mol. The summed E-state index contributed by atoms with van der Waals surface area (Å²) in [7, 11) is 1.42. The van der Waals surface area contributed by atoms with Gasteiger partial charge in [0.15, 0.2) is 6.73 Å². The maximum atomic E-state index is 11.9. The van der Waals surface area contributed by atoms with Crippen LogP contribution in [0.15, 0.2) is 12.2 Å². The molecule has 0 unspecified atom stereocenters. The molecule has 0 aromatic rings. The van der Waals surface area contributed by atoms with Crippen molar-refractivity contribution in [1.29, 1.82) is 0 Å². The number of carbonyl (C=O) groups is 3. The van der Waals surface area contributed by atoms with Gasteiger partial charge in [-0.3, -0.25) is 9.59 Å². The number of amides is 3. The minimum Gasteiger partial charge on any atom is -0.428 e. The molecule has 1 aliphatic carbocycles. The van der Waals surface area contributed by atoms with Gasteiger partial charge in [-0.15, -0.1) is 0 Å². The maximum absolute atomic E-state index is 11.9. The van der Waals surface area contributed by atoms with Gasteiger partial charge in [-0.25, -0.2) is 9.69 Å². The van der Waals surface area contributed by atoms with E-state index in [0.29, 0.717) is 12.8 Å². The number of carbonyl (C=O) groups excluding carboxylic acids is 3. The van der Waals surface area contributed by atoms with Crippen molar-refractivity contribution in [3.05, 3.63) is 12.2 Å². The van der Waals surface area contributed by atoms with E-state index in [1.807, 2.05) is 12.2 Å². The Labute approximate surface area is 98.6 Å². The Morgan fingerprint density at radius 1 is 1.35 bits per heavy atom. The van der Waals surface area contributed by atoms with E-state index in [2.05, 4.69) is 5.32 Å². The molecule has 0 spiro atoms. The summed E-state index contributed by atoms with van der Waals surface area (Å²) in [5, 5.41) is 2.26. The number of alkyl carbamates (subject to hydrolysis) is 1. The number of fused-ring (bicyclic) bond motifs is 1. The van der Waals surface area contributed by atoms with E-state index < -0.39 is 6.09 Å². The fraction of sp³-hybridized carbons (Fsp3) is 0.545. The lowest BCUT2D eigenvalue weighted by atomic mass is 9.85. The number of nitrogens with one attached hydrogen (secondary N) is 1. The van der Waals surface area contributed by atoms with E-state index in [1.165, 1.54) is 7.05 Å². The number of rotatable bonds is 2. The van der Waals surface area contributed by atoms with Gasteiger partial charge in [0.1, 0.15) is 0 Å². The van der Waals surface area contributed by atoms with Gasteiger partial charge in [-0.2, -0.15) is 0 Å². The largest absolute Gasteiger partial charge is 0.428 e. The van der Waals surface area contributed by atoms with Crippen LogP contribution >= 0.6 is 0 Å². The smallest absolute Gasteiger partial charge is 0.408 e. The highest BCUT2D eigenvalue weighted by Gasteiger charge is 2.47. The molecular formula is C11H14N2O4. The first kappa shape index (κ1) is 11.6. The zero-order valence-corrected chi connectivity index (χ0v) is 9.51. The molecule has 92 valence electrons. The Hall–Kier alpha value is -1.85.